The van der Waals surface area contributed by atoms with Crippen molar-refractivity contribution in [3.05, 3.63) is 33.8 Å². The van der Waals surface area contributed by atoms with Gasteiger partial charge in [-0.1, -0.05) is 25.5 Å². The Morgan fingerprint density at radius 3 is 3.00 bits per heavy atom. The van der Waals surface area contributed by atoms with Crippen LogP contribution < -0.4 is 0 Å². The molecule has 0 bridgehead atoms. The summed E-state index contributed by atoms with van der Waals surface area (Å²) in [6.07, 6.45) is 7.06. The van der Waals surface area contributed by atoms with E-state index < -0.39 is 0 Å². The van der Waals surface area contributed by atoms with Crippen LogP contribution in [0, 0.1) is 0 Å². The molecule has 0 atom stereocenters. The first kappa shape index (κ1) is 8.18. The van der Waals surface area contributed by atoms with Gasteiger partial charge in [0.1, 0.15) is 0 Å². The Hall–Kier alpha value is -0.430. The monoisotopic (exact) mass is 178 g/mol. The molecule has 0 radical (unpaired) electrons. The van der Waals surface area contributed by atoms with Gasteiger partial charge >= 0.3 is 0 Å². The fraction of sp³-hybridized carbons (Fsp3) is 0.455. The summed E-state index contributed by atoms with van der Waals surface area (Å²) in [5.74, 6) is 1.21. The van der Waals surface area contributed by atoms with E-state index in [4.69, 9.17) is 0 Å². The van der Waals surface area contributed by atoms with E-state index in [-0.39, 0.29) is 0 Å². The average Bonchev–Trinajstić information content (AvgIpc) is 2.58. The number of hydrogen-bond donors (Lipinski definition) is 0. The van der Waals surface area contributed by atoms with E-state index in [0.29, 0.717) is 0 Å². The lowest BCUT2D eigenvalue weighted by Gasteiger charge is -2.02. The van der Waals surface area contributed by atoms with Crippen LogP contribution in [0.3, 0.4) is 0 Å². The first-order valence-corrected chi connectivity index (χ1v) is 5.55. The molecule has 0 amide bonds. The zero-order valence-electron chi connectivity index (χ0n) is 7.68. The Bertz CT molecular complexity index is 292. The molecule has 0 unspecified atom stereocenters. The third kappa shape index (κ3) is 1.16. The van der Waals surface area contributed by atoms with Gasteiger partial charge in [-0.15, -0.1) is 11.8 Å². The van der Waals surface area contributed by atoms with Gasteiger partial charge in [0.2, 0.25) is 0 Å². The Morgan fingerprint density at radius 1 is 1.42 bits per heavy atom. The van der Waals surface area contributed by atoms with Crippen molar-refractivity contribution in [1.82, 2.24) is 0 Å². The van der Waals surface area contributed by atoms with Gasteiger partial charge in [0.25, 0.3) is 0 Å². The lowest BCUT2D eigenvalue weighted by Crippen LogP contribution is -1.84. The molecule has 0 saturated carbocycles. The molecule has 0 fully saturated rings. The van der Waals surface area contributed by atoms with E-state index in [1.807, 2.05) is 11.8 Å². The Kier molecular flexibility index (Phi) is 2.14. The maximum atomic E-state index is 2.28. The predicted octanol–water partition coefficient (Wildman–Crippen LogP) is 3.67. The lowest BCUT2D eigenvalue weighted by atomic mass is 10.0. The molecule has 0 spiro atoms. The summed E-state index contributed by atoms with van der Waals surface area (Å²) in [5.41, 5.74) is 4.60. The van der Waals surface area contributed by atoms with Gasteiger partial charge in [0, 0.05) is 5.75 Å². The Labute approximate surface area is 78.4 Å². The Morgan fingerprint density at radius 2 is 2.25 bits per heavy atom. The van der Waals surface area contributed by atoms with Crippen LogP contribution in [0.2, 0.25) is 0 Å². The zero-order chi connectivity index (χ0) is 8.55. The van der Waals surface area contributed by atoms with Crippen molar-refractivity contribution in [1.29, 1.82) is 0 Å². The van der Waals surface area contributed by atoms with Gasteiger partial charge in [-0.2, -0.15) is 0 Å². The summed E-state index contributed by atoms with van der Waals surface area (Å²) in [6.45, 7) is 4.48. The lowest BCUT2D eigenvalue weighted by molar-refractivity contribution is 0.943. The van der Waals surface area contributed by atoms with Crippen molar-refractivity contribution in [3.63, 3.8) is 0 Å². The summed E-state index contributed by atoms with van der Waals surface area (Å²) in [7, 11) is 0. The molecule has 2 aliphatic rings. The third-order valence-corrected chi connectivity index (χ3v) is 3.62. The molecule has 0 aromatic heterocycles. The first-order valence-electron chi connectivity index (χ1n) is 4.57. The molecular formula is C11H14S. The molecule has 1 heteroatoms. The molecule has 1 heterocycles. The molecule has 0 aromatic rings. The largest absolute Gasteiger partial charge is 0.125 e. The normalized spacial score (nSPS) is 21.2. The van der Waals surface area contributed by atoms with E-state index in [0.717, 1.165) is 0 Å². The van der Waals surface area contributed by atoms with Crippen molar-refractivity contribution in [3.8, 4) is 0 Å². The van der Waals surface area contributed by atoms with Crippen molar-refractivity contribution in [2.75, 3.05) is 5.75 Å². The minimum Gasteiger partial charge on any atom is -0.125 e. The summed E-state index contributed by atoms with van der Waals surface area (Å²) < 4.78 is 0. The molecule has 0 aromatic carbocycles. The van der Waals surface area contributed by atoms with Crippen LogP contribution in [-0.2, 0) is 0 Å². The number of thioether (sulfide) groups is 1. The van der Waals surface area contributed by atoms with Gasteiger partial charge in [0.15, 0.2) is 0 Å². The fourth-order valence-corrected chi connectivity index (χ4v) is 3.18. The highest BCUT2D eigenvalue weighted by molar-refractivity contribution is 8.03. The van der Waals surface area contributed by atoms with Gasteiger partial charge in [0.05, 0.1) is 0 Å². The smallest absolute Gasteiger partial charge is 0.0235 e. The SMILES string of the molecule is CCCC1=C2C(C)=CC=C2CS1. The maximum absolute atomic E-state index is 2.28. The maximum Gasteiger partial charge on any atom is 0.0235 e. The highest BCUT2D eigenvalue weighted by atomic mass is 32.2. The van der Waals surface area contributed by atoms with Crippen molar-refractivity contribution in [2.45, 2.75) is 26.7 Å². The number of fused-ring (bicyclic) bond motifs is 1. The Balaban J connectivity index is 2.32. The van der Waals surface area contributed by atoms with Crippen LogP contribution in [-0.4, -0.2) is 5.75 Å². The van der Waals surface area contributed by atoms with Crippen LogP contribution in [0.1, 0.15) is 26.7 Å². The van der Waals surface area contributed by atoms with Gasteiger partial charge in [-0.05, 0) is 35.0 Å². The van der Waals surface area contributed by atoms with Crippen molar-refractivity contribution >= 4 is 11.8 Å². The van der Waals surface area contributed by atoms with E-state index in [2.05, 4.69) is 26.0 Å². The number of allylic oxidation sites excluding steroid dienone is 5. The van der Waals surface area contributed by atoms with Gasteiger partial charge in [-0.3, -0.25) is 0 Å². The minimum atomic E-state index is 1.21. The highest BCUT2D eigenvalue weighted by Gasteiger charge is 2.22. The van der Waals surface area contributed by atoms with Crippen LogP contribution in [0.4, 0.5) is 0 Å². The summed E-state index contributed by atoms with van der Waals surface area (Å²) in [4.78, 5) is 1.62. The predicted molar refractivity (Wildman–Crippen MR) is 56.2 cm³/mol. The summed E-state index contributed by atoms with van der Waals surface area (Å²) in [6, 6.07) is 0. The summed E-state index contributed by atoms with van der Waals surface area (Å²) in [5, 5.41) is 0. The van der Waals surface area contributed by atoms with E-state index in [1.165, 1.54) is 24.2 Å². The topological polar surface area (TPSA) is 0 Å². The fourth-order valence-electron chi connectivity index (χ4n) is 1.83. The van der Waals surface area contributed by atoms with Crippen LogP contribution in [0.15, 0.2) is 33.8 Å². The third-order valence-electron chi connectivity index (χ3n) is 2.41. The standard InChI is InChI=1S/C11H14S/c1-3-4-10-11-8(2)5-6-9(11)7-12-10/h5-6H,3-4,7H2,1-2H3. The van der Waals surface area contributed by atoms with Gasteiger partial charge < -0.3 is 0 Å². The van der Waals surface area contributed by atoms with Crippen LogP contribution in [0.25, 0.3) is 0 Å². The van der Waals surface area contributed by atoms with E-state index in [9.17, 15) is 0 Å². The number of hydrogen-bond acceptors (Lipinski definition) is 1. The van der Waals surface area contributed by atoms with Gasteiger partial charge in [-0.25, -0.2) is 0 Å². The first-order chi connectivity index (χ1) is 5.83. The molecule has 1 aliphatic heterocycles. The van der Waals surface area contributed by atoms with Crippen LogP contribution in [0.5, 0.6) is 0 Å². The summed E-state index contributed by atoms with van der Waals surface area (Å²) >= 11 is 2.03. The number of rotatable bonds is 2. The molecule has 1 aliphatic carbocycles. The second-order valence-corrected chi connectivity index (χ2v) is 4.45. The van der Waals surface area contributed by atoms with E-state index in [1.54, 1.807) is 16.1 Å². The average molecular weight is 178 g/mol. The molecular weight excluding hydrogens is 164 g/mol. The van der Waals surface area contributed by atoms with Crippen molar-refractivity contribution in [2.24, 2.45) is 0 Å². The second kappa shape index (κ2) is 3.14. The highest BCUT2D eigenvalue weighted by Crippen LogP contribution is 2.44. The second-order valence-electron chi connectivity index (χ2n) is 3.38. The molecule has 64 valence electrons. The zero-order valence-corrected chi connectivity index (χ0v) is 8.50. The molecule has 0 saturated heterocycles. The van der Waals surface area contributed by atoms with E-state index >= 15 is 0 Å². The minimum absolute atomic E-state index is 1.21. The molecule has 0 nitrogen and oxygen atoms in total. The molecule has 12 heavy (non-hydrogen) atoms. The quantitative estimate of drug-likeness (QED) is 0.621. The van der Waals surface area contributed by atoms with Crippen LogP contribution >= 0.6 is 11.8 Å². The molecule has 0 N–H and O–H groups in total. The van der Waals surface area contributed by atoms with Crippen molar-refractivity contribution < 1.29 is 0 Å². The molecule has 2 rings (SSSR count).